The van der Waals surface area contributed by atoms with E-state index in [4.69, 9.17) is 4.42 Å². The number of rotatable bonds is 3. The van der Waals surface area contributed by atoms with Crippen LogP contribution in [0.25, 0.3) is 23.1 Å². The largest absolute Gasteiger partial charge is 0.458 e. The van der Waals surface area contributed by atoms with Crippen LogP contribution in [0.1, 0.15) is 29.7 Å². The summed E-state index contributed by atoms with van der Waals surface area (Å²) >= 11 is 0. The lowest BCUT2D eigenvalue weighted by Crippen LogP contribution is -2.14. The van der Waals surface area contributed by atoms with E-state index in [2.05, 4.69) is 20.1 Å². The molecule has 1 fully saturated rings. The van der Waals surface area contributed by atoms with E-state index >= 15 is 0 Å². The molecule has 3 aromatic rings. The average molecular weight is 373 g/mol. The molecule has 136 valence electrons. The molecular weight excluding hydrogens is 354 g/mol. The van der Waals surface area contributed by atoms with E-state index in [9.17, 15) is 8.42 Å². The second kappa shape index (κ2) is 6.01. The van der Waals surface area contributed by atoms with Crippen LogP contribution in [0.5, 0.6) is 0 Å². The van der Waals surface area contributed by atoms with Gasteiger partial charge in [0.1, 0.15) is 17.3 Å². The van der Waals surface area contributed by atoms with Crippen LogP contribution in [0, 0.1) is 20.8 Å². The van der Waals surface area contributed by atoms with Crippen molar-refractivity contribution in [1.29, 1.82) is 0 Å². The van der Waals surface area contributed by atoms with Crippen LogP contribution in [0.4, 0.5) is 0 Å². The first kappa shape index (κ1) is 16.9. The maximum atomic E-state index is 11.9. The highest BCUT2D eigenvalue weighted by Gasteiger charge is 2.33. The van der Waals surface area contributed by atoms with Gasteiger partial charge in [-0.1, -0.05) is 0 Å². The minimum absolute atomic E-state index is 0.0586. The van der Waals surface area contributed by atoms with Crippen molar-refractivity contribution in [2.45, 2.75) is 33.2 Å². The molecule has 0 aliphatic carbocycles. The summed E-state index contributed by atoms with van der Waals surface area (Å²) in [6.45, 7) is 5.55. The van der Waals surface area contributed by atoms with Gasteiger partial charge in [0.15, 0.2) is 21.4 Å². The first-order chi connectivity index (χ1) is 12.3. The molecule has 9 heteroatoms. The summed E-state index contributed by atoms with van der Waals surface area (Å²) in [5.41, 5.74) is 1.44. The molecule has 1 aliphatic heterocycles. The van der Waals surface area contributed by atoms with Gasteiger partial charge >= 0.3 is 0 Å². The van der Waals surface area contributed by atoms with Crippen LogP contribution in [-0.4, -0.2) is 44.7 Å². The zero-order chi connectivity index (χ0) is 18.5. The Morgan fingerprint density at radius 1 is 1.15 bits per heavy atom. The summed E-state index contributed by atoms with van der Waals surface area (Å²) in [5.74, 6) is 3.11. The Bertz CT molecular complexity index is 1060. The Balaban J connectivity index is 1.86. The monoisotopic (exact) mass is 373 g/mol. The van der Waals surface area contributed by atoms with Gasteiger partial charge in [-0.2, -0.15) is 0 Å². The van der Waals surface area contributed by atoms with E-state index in [-0.39, 0.29) is 17.5 Å². The zero-order valence-corrected chi connectivity index (χ0v) is 15.6. The van der Waals surface area contributed by atoms with Crippen LogP contribution in [0.2, 0.25) is 0 Å². The number of sulfone groups is 1. The predicted molar refractivity (Wildman–Crippen MR) is 95.3 cm³/mol. The van der Waals surface area contributed by atoms with E-state index in [0.717, 1.165) is 11.5 Å². The predicted octanol–water partition coefficient (Wildman–Crippen LogP) is 2.28. The lowest BCUT2D eigenvalue weighted by molar-refractivity contribution is 0.499. The van der Waals surface area contributed by atoms with E-state index in [1.165, 1.54) is 0 Å². The number of aromatic nitrogens is 5. The Morgan fingerprint density at radius 3 is 2.58 bits per heavy atom. The van der Waals surface area contributed by atoms with Crippen LogP contribution < -0.4 is 0 Å². The van der Waals surface area contributed by atoms with Gasteiger partial charge in [0.05, 0.1) is 17.5 Å². The minimum Gasteiger partial charge on any atom is -0.458 e. The van der Waals surface area contributed by atoms with Crippen molar-refractivity contribution in [3.05, 3.63) is 35.5 Å². The molecular formula is C17H19N5O3S. The molecule has 26 heavy (non-hydrogen) atoms. The Morgan fingerprint density at radius 2 is 1.96 bits per heavy atom. The van der Waals surface area contributed by atoms with Gasteiger partial charge in [0.25, 0.3) is 0 Å². The smallest absolute Gasteiger partial charge is 0.217 e. The van der Waals surface area contributed by atoms with Crippen molar-refractivity contribution in [2.75, 3.05) is 11.5 Å². The molecule has 3 aromatic heterocycles. The molecule has 4 rings (SSSR count). The zero-order valence-electron chi connectivity index (χ0n) is 14.8. The molecule has 0 N–H and O–H groups in total. The van der Waals surface area contributed by atoms with Crippen molar-refractivity contribution in [3.63, 3.8) is 0 Å². The first-order valence-corrected chi connectivity index (χ1v) is 10.2. The van der Waals surface area contributed by atoms with Crippen molar-refractivity contribution in [3.8, 4) is 23.1 Å². The molecule has 1 atom stereocenters. The van der Waals surface area contributed by atoms with E-state index in [1.54, 1.807) is 10.7 Å². The highest BCUT2D eigenvalue weighted by molar-refractivity contribution is 7.91. The average Bonchev–Trinajstić information content (AvgIpc) is 3.24. The minimum atomic E-state index is -3.05. The maximum Gasteiger partial charge on any atom is 0.217 e. The Hall–Kier alpha value is -2.55. The van der Waals surface area contributed by atoms with E-state index in [1.807, 2.05) is 32.9 Å². The van der Waals surface area contributed by atoms with E-state index in [0.29, 0.717) is 35.3 Å². The number of hydrogen-bond acceptors (Lipinski definition) is 7. The van der Waals surface area contributed by atoms with Gasteiger partial charge in [-0.25, -0.2) is 28.1 Å². The fourth-order valence-electron chi connectivity index (χ4n) is 3.21. The summed E-state index contributed by atoms with van der Waals surface area (Å²) in [4.78, 5) is 13.4. The van der Waals surface area contributed by atoms with Crippen LogP contribution in [0.3, 0.4) is 0 Å². The fraction of sp³-hybridized carbons (Fsp3) is 0.412. The molecule has 0 radical (unpaired) electrons. The fourth-order valence-corrected chi connectivity index (χ4v) is 4.90. The molecule has 1 aliphatic rings. The topological polar surface area (TPSA) is 104 Å². The molecule has 4 heterocycles. The number of aryl methyl sites for hydroxylation is 3. The van der Waals surface area contributed by atoms with Gasteiger partial charge in [-0.05, 0) is 45.4 Å². The second-order valence-corrected chi connectivity index (χ2v) is 8.84. The third-order valence-corrected chi connectivity index (χ3v) is 6.09. The van der Waals surface area contributed by atoms with Crippen LogP contribution in [0.15, 0.2) is 22.6 Å². The normalized spacial score (nSPS) is 19.1. The third-order valence-electron chi connectivity index (χ3n) is 4.34. The number of nitrogens with zero attached hydrogens (tertiary/aromatic N) is 5. The molecule has 0 bridgehead atoms. The van der Waals surface area contributed by atoms with Gasteiger partial charge in [0.2, 0.25) is 5.82 Å². The van der Waals surface area contributed by atoms with Gasteiger partial charge in [-0.15, -0.1) is 5.10 Å². The van der Waals surface area contributed by atoms with Crippen LogP contribution >= 0.6 is 0 Å². The number of furan rings is 1. The van der Waals surface area contributed by atoms with Gasteiger partial charge in [0, 0.05) is 5.69 Å². The van der Waals surface area contributed by atoms with Crippen molar-refractivity contribution in [2.24, 2.45) is 0 Å². The summed E-state index contributed by atoms with van der Waals surface area (Å²) < 4.78 is 31.2. The molecule has 1 saturated heterocycles. The summed E-state index contributed by atoms with van der Waals surface area (Å²) in [5, 5.41) is 4.56. The molecule has 0 aromatic carbocycles. The number of hydrogen-bond donors (Lipinski definition) is 0. The molecule has 0 spiro atoms. The first-order valence-electron chi connectivity index (χ1n) is 8.37. The van der Waals surface area contributed by atoms with Crippen molar-refractivity contribution >= 4 is 9.84 Å². The third kappa shape index (κ3) is 3.14. The quantitative estimate of drug-likeness (QED) is 0.693. The van der Waals surface area contributed by atoms with Gasteiger partial charge < -0.3 is 4.42 Å². The summed E-state index contributed by atoms with van der Waals surface area (Å²) in [7, 11) is -3.05. The highest BCUT2D eigenvalue weighted by atomic mass is 32.2. The Kier molecular flexibility index (Phi) is 3.91. The molecule has 8 nitrogen and oxygen atoms in total. The highest BCUT2D eigenvalue weighted by Crippen LogP contribution is 2.30. The summed E-state index contributed by atoms with van der Waals surface area (Å²) in [6, 6.07) is 5.21. The lowest BCUT2D eigenvalue weighted by Gasteiger charge is -2.11. The van der Waals surface area contributed by atoms with Gasteiger partial charge in [-0.3, -0.25) is 0 Å². The molecule has 0 amide bonds. The van der Waals surface area contributed by atoms with Crippen LogP contribution in [-0.2, 0) is 9.84 Å². The summed E-state index contributed by atoms with van der Waals surface area (Å²) in [6.07, 6.45) is 0.512. The van der Waals surface area contributed by atoms with Crippen molar-refractivity contribution < 1.29 is 12.8 Å². The molecule has 0 saturated carbocycles. The SMILES string of the molecule is Cc1cc(-c2nc(-c3ccc(C)o3)nn2C2CCS(=O)(=O)C2)nc(C)n1. The maximum absolute atomic E-state index is 11.9. The lowest BCUT2D eigenvalue weighted by atomic mass is 10.2. The van der Waals surface area contributed by atoms with Crippen molar-refractivity contribution in [1.82, 2.24) is 24.7 Å². The standard InChI is InChI=1S/C17H19N5O3S/c1-10-8-14(19-12(3)18-10)17-20-16(15-5-4-11(2)25-15)21-22(17)13-6-7-26(23,24)9-13/h4-5,8,13H,6-7,9H2,1-3H3. The van der Waals surface area contributed by atoms with E-state index < -0.39 is 9.84 Å². The molecule has 1 unspecified atom stereocenters. The Labute approximate surface area is 151 Å². The second-order valence-electron chi connectivity index (χ2n) is 6.61.